The Hall–Kier alpha value is -1.94. The van der Waals surface area contributed by atoms with E-state index in [4.69, 9.17) is 0 Å². The molecule has 0 aliphatic rings. The number of nitrogens with zero attached hydrogens (tertiary/aromatic N) is 3. The first-order valence-electron chi connectivity index (χ1n) is 6.87. The summed E-state index contributed by atoms with van der Waals surface area (Å²) in [5, 5.41) is 8.58. The Labute approximate surface area is 132 Å². The van der Waals surface area contributed by atoms with E-state index in [2.05, 4.69) is 70.4 Å². The van der Waals surface area contributed by atoms with E-state index in [0.717, 1.165) is 21.9 Å². The van der Waals surface area contributed by atoms with E-state index in [1.165, 1.54) is 16.8 Å². The second-order valence-corrected chi connectivity index (χ2v) is 6.16. The molecule has 0 amide bonds. The summed E-state index contributed by atoms with van der Waals surface area (Å²) in [4.78, 5) is 0. The SMILES string of the molecule is CC(C)=C(Cc1ccc(Br)cc1)n1nnc2ccccc21. The van der Waals surface area contributed by atoms with Crippen LogP contribution in [0.3, 0.4) is 0 Å². The summed E-state index contributed by atoms with van der Waals surface area (Å²) in [6.07, 6.45) is 0.836. The minimum absolute atomic E-state index is 0.836. The summed E-state index contributed by atoms with van der Waals surface area (Å²) in [5.41, 5.74) is 5.64. The highest BCUT2D eigenvalue weighted by Gasteiger charge is 2.10. The van der Waals surface area contributed by atoms with Gasteiger partial charge in [0.15, 0.2) is 0 Å². The lowest BCUT2D eigenvalue weighted by atomic mass is 10.1. The molecule has 0 aliphatic carbocycles. The lowest BCUT2D eigenvalue weighted by Gasteiger charge is -2.11. The minimum atomic E-state index is 0.836. The van der Waals surface area contributed by atoms with Crippen molar-refractivity contribution >= 4 is 32.7 Å². The Balaban J connectivity index is 2.03. The fourth-order valence-electron chi connectivity index (χ4n) is 2.33. The van der Waals surface area contributed by atoms with Gasteiger partial charge in [0, 0.05) is 16.6 Å². The lowest BCUT2D eigenvalue weighted by molar-refractivity contribution is 0.813. The van der Waals surface area contributed by atoms with E-state index in [-0.39, 0.29) is 0 Å². The van der Waals surface area contributed by atoms with Crippen molar-refractivity contribution in [3.05, 3.63) is 64.1 Å². The zero-order valence-corrected chi connectivity index (χ0v) is 13.6. The molecule has 0 atom stereocenters. The third kappa shape index (κ3) is 2.90. The molecule has 2 aromatic carbocycles. The lowest BCUT2D eigenvalue weighted by Crippen LogP contribution is -2.04. The van der Waals surface area contributed by atoms with Crippen molar-refractivity contribution in [2.45, 2.75) is 20.3 Å². The Morgan fingerprint density at radius 3 is 2.48 bits per heavy atom. The standard InChI is InChI=1S/C17H16BrN3/c1-12(2)17(11-13-7-9-14(18)10-8-13)21-16-6-4-3-5-15(16)19-20-21/h3-10H,11H2,1-2H3. The molecule has 3 aromatic rings. The molecule has 0 saturated heterocycles. The van der Waals surface area contributed by atoms with Gasteiger partial charge in [0.1, 0.15) is 5.52 Å². The van der Waals surface area contributed by atoms with Crippen LogP contribution in [0.2, 0.25) is 0 Å². The molecule has 3 rings (SSSR count). The van der Waals surface area contributed by atoms with Gasteiger partial charge in [0.05, 0.1) is 5.52 Å². The second kappa shape index (κ2) is 5.82. The molecule has 3 nitrogen and oxygen atoms in total. The Kier molecular flexibility index (Phi) is 3.88. The van der Waals surface area contributed by atoms with Gasteiger partial charge in [-0.05, 0) is 43.7 Å². The van der Waals surface area contributed by atoms with E-state index in [0.29, 0.717) is 0 Å². The first kappa shape index (κ1) is 14.0. The number of rotatable bonds is 3. The third-order valence-corrected chi connectivity index (χ3v) is 4.00. The number of aromatic nitrogens is 3. The van der Waals surface area contributed by atoms with Gasteiger partial charge in [-0.2, -0.15) is 0 Å². The van der Waals surface area contributed by atoms with Crippen molar-refractivity contribution in [3.63, 3.8) is 0 Å². The van der Waals surface area contributed by atoms with Crippen LogP contribution in [0.5, 0.6) is 0 Å². The molecule has 0 unspecified atom stereocenters. The molecule has 0 N–H and O–H groups in total. The van der Waals surface area contributed by atoms with Crippen molar-refractivity contribution in [2.24, 2.45) is 0 Å². The number of benzene rings is 2. The number of halogens is 1. The predicted molar refractivity (Wildman–Crippen MR) is 89.9 cm³/mol. The molecular formula is C17H16BrN3. The van der Waals surface area contributed by atoms with E-state index < -0.39 is 0 Å². The van der Waals surface area contributed by atoms with E-state index in [9.17, 15) is 0 Å². The first-order chi connectivity index (χ1) is 10.1. The largest absolute Gasteiger partial charge is 0.217 e. The molecule has 1 aromatic heterocycles. The maximum atomic E-state index is 4.33. The number of para-hydroxylation sites is 1. The summed E-state index contributed by atoms with van der Waals surface area (Å²) < 4.78 is 3.04. The van der Waals surface area contributed by atoms with Crippen LogP contribution in [0.25, 0.3) is 16.7 Å². The van der Waals surface area contributed by atoms with Gasteiger partial charge in [-0.25, -0.2) is 4.68 Å². The Morgan fingerprint density at radius 2 is 1.76 bits per heavy atom. The molecule has 0 radical (unpaired) electrons. The predicted octanol–water partition coefficient (Wildman–Crippen LogP) is 4.69. The van der Waals surface area contributed by atoms with Gasteiger partial charge in [-0.3, -0.25) is 0 Å². The van der Waals surface area contributed by atoms with Gasteiger partial charge in [0.25, 0.3) is 0 Å². The molecule has 106 valence electrons. The maximum absolute atomic E-state index is 4.33. The van der Waals surface area contributed by atoms with Crippen molar-refractivity contribution in [3.8, 4) is 0 Å². The average Bonchev–Trinajstić information content (AvgIpc) is 2.90. The summed E-state index contributed by atoms with van der Waals surface area (Å²) in [7, 11) is 0. The fraction of sp³-hybridized carbons (Fsp3) is 0.176. The molecule has 1 heterocycles. The van der Waals surface area contributed by atoms with Gasteiger partial charge >= 0.3 is 0 Å². The highest BCUT2D eigenvalue weighted by atomic mass is 79.9. The molecule has 4 heteroatoms. The molecule has 0 saturated carbocycles. The normalized spacial score (nSPS) is 10.8. The zero-order chi connectivity index (χ0) is 14.8. The van der Waals surface area contributed by atoms with Crippen LogP contribution in [0, 0.1) is 0 Å². The third-order valence-electron chi connectivity index (χ3n) is 3.47. The van der Waals surface area contributed by atoms with Crippen molar-refractivity contribution in [1.82, 2.24) is 15.0 Å². The molecule has 21 heavy (non-hydrogen) atoms. The molecule has 0 aliphatic heterocycles. The van der Waals surface area contributed by atoms with Crippen molar-refractivity contribution < 1.29 is 0 Å². The van der Waals surface area contributed by atoms with Gasteiger partial charge in [-0.15, -0.1) is 5.10 Å². The first-order valence-corrected chi connectivity index (χ1v) is 7.66. The van der Waals surface area contributed by atoms with Gasteiger partial charge in [-0.1, -0.05) is 51.0 Å². The minimum Gasteiger partial charge on any atom is -0.217 e. The number of allylic oxidation sites excluding steroid dienone is 2. The quantitative estimate of drug-likeness (QED) is 0.691. The van der Waals surface area contributed by atoms with Crippen LogP contribution in [0.15, 0.2) is 58.6 Å². The zero-order valence-electron chi connectivity index (χ0n) is 12.0. The maximum Gasteiger partial charge on any atom is 0.113 e. The summed E-state index contributed by atoms with van der Waals surface area (Å²) >= 11 is 3.47. The number of fused-ring (bicyclic) bond motifs is 1. The van der Waals surface area contributed by atoms with E-state index in [1.54, 1.807) is 0 Å². The van der Waals surface area contributed by atoms with Crippen LogP contribution in [-0.4, -0.2) is 15.0 Å². The summed E-state index contributed by atoms with van der Waals surface area (Å²) in [6, 6.07) is 16.4. The average molecular weight is 342 g/mol. The molecular weight excluding hydrogens is 326 g/mol. The Morgan fingerprint density at radius 1 is 1.05 bits per heavy atom. The molecule has 0 spiro atoms. The van der Waals surface area contributed by atoms with Crippen molar-refractivity contribution in [2.75, 3.05) is 0 Å². The van der Waals surface area contributed by atoms with Crippen molar-refractivity contribution in [1.29, 1.82) is 0 Å². The second-order valence-electron chi connectivity index (χ2n) is 5.24. The highest BCUT2D eigenvalue weighted by Crippen LogP contribution is 2.22. The Bertz CT molecular complexity index is 796. The topological polar surface area (TPSA) is 30.7 Å². The number of hydrogen-bond donors (Lipinski definition) is 0. The molecule has 0 fully saturated rings. The highest BCUT2D eigenvalue weighted by molar-refractivity contribution is 9.10. The van der Waals surface area contributed by atoms with Crippen LogP contribution in [0.4, 0.5) is 0 Å². The summed E-state index contributed by atoms with van der Waals surface area (Å²) in [5.74, 6) is 0. The monoisotopic (exact) mass is 341 g/mol. The van der Waals surface area contributed by atoms with Gasteiger partial charge in [0.2, 0.25) is 0 Å². The van der Waals surface area contributed by atoms with Crippen LogP contribution >= 0.6 is 15.9 Å². The van der Waals surface area contributed by atoms with Crippen LogP contribution in [0.1, 0.15) is 19.4 Å². The van der Waals surface area contributed by atoms with Gasteiger partial charge < -0.3 is 0 Å². The fourth-order valence-corrected chi connectivity index (χ4v) is 2.59. The molecule has 0 bridgehead atoms. The number of hydrogen-bond acceptors (Lipinski definition) is 2. The van der Waals surface area contributed by atoms with Crippen LogP contribution < -0.4 is 0 Å². The van der Waals surface area contributed by atoms with E-state index in [1.807, 2.05) is 22.9 Å². The summed E-state index contributed by atoms with van der Waals surface area (Å²) in [6.45, 7) is 4.23. The van der Waals surface area contributed by atoms with E-state index >= 15 is 0 Å². The van der Waals surface area contributed by atoms with Crippen LogP contribution in [-0.2, 0) is 6.42 Å². The smallest absolute Gasteiger partial charge is 0.113 e.